The first-order chi connectivity index (χ1) is 10.8. The first-order valence-electron chi connectivity index (χ1n) is 7.50. The SMILES string of the molecule is CSc1nc(Cl)cc(S[C@@H]2CCCN(C(=O)OC(C)(C)C)C2)n1. The van der Waals surface area contributed by atoms with E-state index in [9.17, 15) is 4.79 Å². The van der Waals surface area contributed by atoms with E-state index in [0.717, 1.165) is 24.4 Å². The summed E-state index contributed by atoms with van der Waals surface area (Å²) in [4.78, 5) is 22.6. The third-order valence-electron chi connectivity index (χ3n) is 3.15. The zero-order valence-electron chi connectivity index (χ0n) is 13.8. The van der Waals surface area contributed by atoms with Crippen molar-refractivity contribution in [2.24, 2.45) is 0 Å². The molecule has 8 heteroatoms. The Morgan fingerprint density at radius 1 is 1.43 bits per heavy atom. The topological polar surface area (TPSA) is 55.3 Å². The van der Waals surface area contributed by atoms with Crippen molar-refractivity contribution < 1.29 is 9.53 Å². The molecule has 1 aromatic rings. The lowest BCUT2D eigenvalue weighted by atomic mass is 10.1. The van der Waals surface area contributed by atoms with Gasteiger partial charge < -0.3 is 9.64 Å². The second-order valence-corrected chi connectivity index (χ2v) is 8.81. The maximum atomic E-state index is 12.2. The molecular formula is C15H22ClN3O2S2. The van der Waals surface area contributed by atoms with E-state index in [-0.39, 0.29) is 11.3 Å². The van der Waals surface area contributed by atoms with Gasteiger partial charge in [0.2, 0.25) is 0 Å². The minimum atomic E-state index is -0.468. The number of hydrogen-bond acceptors (Lipinski definition) is 6. The molecule has 1 aliphatic heterocycles. The highest BCUT2D eigenvalue weighted by atomic mass is 35.5. The molecule has 0 unspecified atom stereocenters. The minimum absolute atomic E-state index is 0.242. The van der Waals surface area contributed by atoms with E-state index in [2.05, 4.69) is 9.97 Å². The van der Waals surface area contributed by atoms with Gasteiger partial charge in [-0.25, -0.2) is 14.8 Å². The molecule has 1 fully saturated rings. The minimum Gasteiger partial charge on any atom is -0.444 e. The van der Waals surface area contributed by atoms with Gasteiger partial charge in [-0.1, -0.05) is 23.4 Å². The summed E-state index contributed by atoms with van der Waals surface area (Å²) in [7, 11) is 0. The maximum Gasteiger partial charge on any atom is 0.410 e. The van der Waals surface area contributed by atoms with Gasteiger partial charge in [0.25, 0.3) is 0 Å². The van der Waals surface area contributed by atoms with Crippen molar-refractivity contribution in [3.63, 3.8) is 0 Å². The fourth-order valence-electron chi connectivity index (χ4n) is 2.23. The molecule has 0 saturated carbocycles. The Morgan fingerprint density at radius 3 is 2.83 bits per heavy atom. The molecule has 0 radical (unpaired) electrons. The molecule has 0 aliphatic carbocycles. The average Bonchev–Trinajstić information content (AvgIpc) is 2.45. The van der Waals surface area contributed by atoms with Crippen LogP contribution in [-0.2, 0) is 4.74 Å². The number of hydrogen-bond donors (Lipinski definition) is 0. The van der Waals surface area contributed by atoms with Gasteiger partial charge in [0.15, 0.2) is 5.16 Å². The summed E-state index contributed by atoms with van der Waals surface area (Å²) in [5, 5.41) is 2.26. The monoisotopic (exact) mass is 375 g/mol. The number of amides is 1. The Bertz CT molecular complexity index is 566. The molecule has 1 aromatic heterocycles. The number of ether oxygens (including phenoxy) is 1. The lowest BCUT2D eigenvalue weighted by molar-refractivity contribution is 0.0220. The molecule has 1 aliphatic rings. The number of thioether (sulfide) groups is 2. The number of carbonyl (C=O) groups is 1. The van der Waals surface area contributed by atoms with E-state index in [1.807, 2.05) is 27.0 Å². The van der Waals surface area contributed by atoms with Gasteiger partial charge in [0, 0.05) is 24.4 Å². The van der Waals surface area contributed by atoms with Gasteiger partial charge in [0.05, 0.1) is 0 Å². The predicted octanol–water partition coefficient (Wildman–Crippen LogP) is 4.34. The van der Waals surface area contributed by atoms with Crippen molar-refractivity contribution in [1.29, 1.82) is 0 Å². The number of carbonyl (C=O) groups excluding carboxylic acids is 1. The highest BCUT2D eigenvalue weighted by Crippen LogP contribution is 2.31. The summed E-state index contributed by atoms with van der Waals surface area (Å²) in [5.74, 6) is 0. The van der Waals surface area contributed by atoms with Crippen LogP contribution in [0.25, 0.3) is 0 Å². The van der Waals surface area contributed by atoms with Crippen molar-refractivity contribution in [2.75, 3.05) is 19.3 Å². The number of likely N-dealkylation sites (tertiary alicyclic amines) is 1. The standard InChI is InChI=1S/C15H22ClN3O2S2/c1-15(2,3)21-14(20)19-7-5-6-10(9-19)23-12-8-11(16)17-13(18-12)22-4/h8,10H,5-7,9H2,1-4H3/t10-/m1/s1. The first kappa shape index (κ1) is 18.7. The smallest absolute Gasteiger partial charge is 0.410 e. The van der Waals surface area contributed by atoms with Crippen LogP contribution in [0.15, 0.2) is 16.2 Å². The molecule has 1 saturated heterocycles. The summed E-state index contributed by atoms with van der Waals surface area (Å²) in [6, 6.07) is 1.78. The number of rotatable bonds is 3. The molecule has 0 spiro atoms. The van der Waals surface area contributed by atoms with Crippen LogP contribution in [0.1, 0.15) is 33.6 Å². The molecule has 23 heavy (non-hydrogen) atoms. The third-order valence-corrected chi connectivity index (χ3v) is 5.06. The molecule has 2 heterocycles. The van der Waals surface area contributed by atoms with Crippen LogP contribution in [0.4, 0.5) is 4.79 Å². The van der Waals surface area contributed by atoms with Crippen LogP contribution >= 0.6 is 35.1 Å². The lowest BCUT2D eigenvalue weighted by Gasteiger charge is -2.33. The van der Waals surface area contributed by atoms with E-state index >= 15 is 0 Å². The van der Waals surface area contributed by atoms with Crippen molar-refractivity contribution in [3.05, 3.63) is 11.2 Å². The van der Waals surface area contributed by atoms with Gasteiger partial charge in [0.1, 0.15) is 15.8 Å². The average molecular weight is 376 g/mol. The van der Waals surface area contributed by atoms with E-state index in [1.165, 1.54) is 11.8 Å². The van der Waals surface area contributed by atoms with Crippen LogP contribution in [-0.4, -0.2) is 51.2 Å². The van der Waals surface area contributed by atoms with Gasteiger partial charge in [-0.05, 0) is 39.9 Å². The largest absolute Gasteiger partial charge is 0.444 e. The van der Waals surface area contributed by atoms with Crippen molar-refractivity contribution >= 4 is 41.2 Å². The molecule has 1 atom stereocenters. The molecule has 0 aromatic carbocycles. The van der Waals surface area contributed by atoms with Crippen LogP contribution < -0.4 is 0 Å². The molecule has 128 valence electrons. The molecule has 1 amide bonds. The second kappa shape index (κ2) is 7.94. The van der Waals surface area contributed by atoms with E-state index < -0.39 is 5.60 Å². The lowest BCUT2D eigenvalue weighted by Crippen LogP contribution is -2.43. The number of aromatic nitrogens is 2. The van der Waals surface area contributed by atoms with Crippen LogP contribution in [0.2, 0.25) is 5.15 Å². The van der Waals surface area contributed by atoms with E-state index in [1.54, 1.807) is 22.7 Å². The predicted molar refractivity (Wildman–Crippen MR) is 95.5 cm³/mol. The summed E-state index contributed by atoms with van der Waals surface area (Å²) >= 11 is 9.15. The Balaban J connectivity index is 1.99. The second-order valence-electron chi connectivity index (χ2n) is 6.32. The Labute approximate surface area is 150 Å². The van der Waals surface area contributed by atoms with Crippen LogP contribution in [0, 0.1) is 0 Å². The zero-order valence-corrected chi connectivity index (χ0v) is 16.2. The highest BCUT2D eigenvalue weighted by molar-refractivity contribution is 8.00. The number of halogens is 1. The van der Waals surface area contributed by atoms with E-state index in [4.69, 9.17) is 16.3 Å². The van der Waals surface area contributed by atoms with Crippen LogP contribution in [0.3, 0.4) is 0 Å². The summed E-state index contributed by atoms with van der Waals surface area (Å²) in [6.45, 7) is 7.05. The van der Waals surface area contributed by atoms with Crippen molar-refractivity contribution in [2.45, 2.75) is 54.6 Å². The summed E-state index contributed by atoms with van der Waals surface area (Å²) in [5.41, 5.74) is -0.468. The number of piperidine rings is 1. The number of nitrogens with zero attached hydrogens (tertiary/aromatic N) is 3. The van der Waals surface area contributed by atoms with Gasteiger partial charge in [-0.15, -0.1) is 11.8 Å². The fourth-order valence-corrected chi connectivity index (χ4v) is 4.16. The zero-order chi connectivity index (χ0) is 17.0. The first-order valence-corrected chi connectivity index (χ1v) is 9.98. The Kier molecular flexibility index (Phi) is 6.45. The molecule has 0 bridgehead atoms. The summed E-state index contributed by atoms with van der Waals surface area (Å²) in [6.07, 6.45) is 3.68. The molecule has 2 rings (SSSR count). The van der Waals surface area contributed by atoms with Gasteiger partial charge in [-0.2, -0.15) is 0 Å². The van der Waals surface area contributed by atoms with Crippen molar-refractivity contribution in [1.82, 2.24) is 14.9 Å². The quantitative estimate of drug-likeness (QED) is 0.445. The van der Waals surface area contributed by atoms with Gasteiger partial charge >= 0.3 is 6.09 Å². The molecule has 5 nitrogen and oxygen atoms in total. The highest BCUT2D eigenvalue weighted by Gasteiger charge is 2.28. The molecule has 0 N–H and O–H groups in total. The van der Waals surface area contributed by atoms with Crippen molar-refractivity contribution in [3.8, 4) is 0 Å². The fraction of sp³-hybridized carbons (Fsp3) is 0.667. The maximum absolute atomic E-state index is 12.2. The molecular weight excluding hydrogens is 354 g/mol. The van der Waals surface area contributed by atoms with Crippen LogP contribution in [0.5, 0.6) is 0 Å². The van der Waals surface area contributed by atoms with Gasteiger partial charge in [-0.3, -0.25) is 0 Å². The summed E-state index contributed by atoms with van der Waals surface area (Å²) < 4.78 is 5.46. The normalized spacial score (nSPS) is 18.8. The van der Waals surface area contributed by atoms with E-state index in [0.29, 0.717) is 16.9 Å². The Morgan fingerprint density at radius 2 is 2.17 bits per heavy atom. The third kappa shape index (κ3) is 6.04. The Hall–Kier alpha value is -0.660.